The van der Waals surface area contributed by atoms with Gasteiger partial charge in [-0.1, -0.05) is 12.1 Å². The highest BCUT2D eigenvalue weighted by atomic mass is 19.4. The lowest BCUT2D eigenvalue weighted by molar-refractivity contribution is -0.137. The molecule has 0 saturated carbocycles. The van der Waals surface area contributed by atoms with Gasteiger partial charge >= 0.3 is 11.9 Å². The van der Waals surface area contributed by atoms with Crippen LogP contribution in [-0.4, -0.2) is 24.2 Å². The number of rotatable bonds is 5. The molecule has 0 bridgehead atoms. The zero-order chi connectivity index (χ0) is 20.5. The molecule has 9 heteroatoms. The predicted molar refractivity (Wildman–Crippen MR) is 98.9 cm³/mol. The van der Waals surface area contributed by atoms with Crippen molar-refractivity contribution < 1.29 is 22.6 Å². The van der Waals surface area contributed by atoms with Crippen molar-refractivity contribution in [2.75, 3.05) is 19.5 Å². The van der Waals surface area contributed by atoms with Gasteiger partial charge in [0.15, 0.2) is 11.5 Å². The zero-order valence-electron chi connectivity index (χ0n) is 15.3. The Hall–Kier alpha value is -3.23. The van der Waals surface area contributed by atoms with Gasteiger partial charge in [0.2, 0.25) is 0 Å². The first-order chi connectivity index (χ1) is 13.2. The number of benzene rings is 2. The first-order valence-electron chi connectivity index (χ1n) is 8.32. The van der Waals surface area contributed by atoms with Crippen molar-refractivity contribution in [2.45, 2.75) is 19.1 Å². The summed E-state index contributed by atoms with van der Waals surface area (Å²) in [7, 11) is 2.94. The molecule has 0 aliphatic carbocycles. The summed E-state index contributed by atoms with van der Waals surface area (Å²) < 4.78 is 49.4. The second-order valence-corrected chi connectivity index (χ2v) is 6.13. The third kappa shape index (κ3) is 3.88. The highest BCUT2D eigenvalue weighted by molar-refractivity contribution is 5.91. The van der Waals surface area contributed by atoms with Crippen LogP contribution in [0.15, 0.2) is 41.2 Å². The lowest BCUT2D eigenvalue weighted by Crippen LogP contribution is -2.17. The maximum absolute atomic E-state index is 13.0. The van der Waals surface area contributed by atoms with E-state index in [-0.39, 0.29) is 5.82 Å². The Labute approximate surface area is 158 Å². The smallest absolute Gasteiger partial charge is 0.416 e. The van der Waals surface area contributed by atoms with Gasteiger partial charge in [-0.15, -0.1) is 0 Å². The summed E-state index contributed by atoms with van der Waals surface area (Å²) in [5, 5.41) is 3.55. The van der Waals surface area contributed by atoms with E-state index in [0.717, 1.165) is 12.1 Å². The van der Waals surface area contributed by atoms with Crippen LogP contribution in [0.3, 0.4) is 0 Å². The molecule has 0 spiro atoms. The lowest BCUT2D eigenvalue weighted by atomic mass is 10.0. The van der Waals surface area contributed by atoms with Crippen LogP contribution in [0.25, 0.3) is 10.9 Å². The minimum Gasteiger partial charge on any atom is -0.493 e. The lowest BCUT2D eigenvalue weighted by Gasteiger charge is -2.18. The number of ether oxygens (including phenoxy) is 2. The monoisotopic (exact) mass is 393 g/mol. The molecule has 2 aromatic carbocycles. The molecule has 0 fully saturated rings. The van der Waals surface area contributed by atoms with Crippen LogP contribution >= 0.6 is 0 Å². The van der Waals surface area contributed by atoms with Crippen molar-refractivity contribution in [3.05, 3.63) is 58.0 Å². The molecule has 3 rings (SSSR count). The first kappa shape index (κ1) is 19.5. The van der Waals surface area contributed by atoms with Gasteiger partial charge in [0.25, 0.3) is 0 Å². The average Bonchev–Trinajstić information content (AvgIpc) is 2.66. The van der Waals surface area contributed by atoms with Crippen LogP contribution in [0.1, 0.15) is 24.1 Å². The summed E-state index contributed by atoms with van der Waals surface area (Å²) in [4.78, 5) is 18.5. The molecule has 3 aromatic rings. The summed E-state index contributed by atoms with van der Waals surface area (Å²) in [6.45, 7) is 1.69. The second-order valence-electron chi connectivity index (χ2n) is 6.13. The van der Waals surface area contributed by atoms with E-state index < -0.39 is 23.5 Å². The zero-order valence-corrected chi connectivity index (χ0v) is 15.3. The molecule has 2 N–H and O–H groups in total. The van der Waals surface area contributed by atoms with Crippen molar-refractivity contribution in [2.24, 2.45) is 0 Å². The fourth-order valence-electron chi connectivity index (χ4n) is 2.87. The van der Waals surface area contributed by atoms with Gasteiger partial charge in [0.05, 0.1) is 25.3 Å². The number of aromatic nitrogens is 2. The van der Waals surface area contributed by atoms with E-state index in [1.165, 1.54) is 20.3 Å². The third-order valence-corrected chi connectivity index (χ3v) is 4.30. The maximum atomic E-state index is 13.0. The number of nitrogens with one attached hydrogen (secondary N) is 2. The maximum Gasteiger partial charge on any atom is 0.416 e. The number of methoxy groups -OCH3 is 2. The standard InChI is InChI=1S/C19H18F3N3O3/c1-10(11-5-4-6-12(7-11)19(20,21)22)23-17-13-8-15(27-2)16(28-3)9-14(13)24-18(26)25-17/h4-10H,1-3H3,(H2,23,24,25,26). The number of aromatic amines is 1. The van der Waals surface area contributed by atoms with Gasteiger partial charge < -0.3 is 19.8 Å². The molecule has 0 aliphatic heterocycles. The number of hydrogen-bond acceptors (Lipinski definition) is 5. The van der Waals surface area contributed by atoms with Crippen LogP contribution in [0, 0.1) is 0 Å². The normalized spacial score (nSPS) is 12.6. The second kappa shape index (κ2) is 7.41. The van der Waals surface area contributed by atoms with Crippen LogP contribution < -0.4 is 20.5 Å². The Kier molecular flexibility index (Phi) is 5.17. The van der Waals surface area contributed by atoms with Gasteiger partial charge in [-0.25, -0.2) is 4.79 Å². The molecule has 1 heterocycles. The van der Waals surface area contributed by atoms with E-state index in [1.807, 2.05) is 0 Å². The predicted octanol–water partition coefficient (Wildman–Crippen LogP) is 4.13. The number of hydrogen-bond donors (Lipinski definition) is 2. The molecule has 148 valence electrons. The van der Waals surface area contributed by atoms with Crippen molar-refractivity contribution in [1.29, 1.82) is 0 Å². The van der Waals surface area contributed by atoms with Gasteiger partial charge in [-0.2, -0.15) is 18.2 Å². The van der Waals surface area contributed by atoms with E-state index >= 15 is 0 Å². The van der Waals surface area contributed by atoms with E-state index in [1.54, 1.807) is 25.1 Å². The molecular formula is C19H18F3N3O3. The average molecular weight is 393 g/mol. The molecule has 6 nitrogen and oxygen atoms in total. The molecule has 28 heavy (non-hydrogen) atoms. The Morgan fingerprint density at radius 1 is 1.11 bits per heavy atom. The number of nitrogens with zero attached hydrogens (tertiary/aromatic N) is 1. The van der Waals surface area contributed by atoms with E-state index in [9.17, 15) is 18.0 Å². The van der Waals surface area contributed by atoms with E-state index in [4.69, 9.17) is 9.47 Å². The first-order valence-corrected chi connectivity index (χ1v) is 8.32. The van der Waals surface area contributed by atoms with Crippen LogP contribution in [0.2, 0.25) is 0 Å². The Balaban J connectivity index is 2.03. The largest absolute Gasteiger partial charge is 0.493 e. The summed E-state index contributed by atoms with van der Waals surface area (Å²) in [5.74, 6) is 1.08. The fourth-order valence-corrected chi connectivity index (χ4v) is 2.87. The number of halogens is 3. The number of alkyl halides is 3. The molecule has 0 aliphatic rings. The summed E-state index contributed by atoms with van der Waals surface area (Å²) in [6.07, 6.45) is -4.44. The summed E-state index contributed by atoms with van der Waals surface area (Å²) in [5.41, 5.74) is -0.478. The van der Waals surface area contributed by atoms with Gasteiger partial charge in [-0.05, 0) is 30.7 Å². The molecule has 0 amide bonds. The minimum absolute atomic E-state index is 0.226. The van der Waals surface area contributed by atoms with Gasteiger partial charge in [0, 0.05) is 17.5 Å². The van der Waals surface area contributed by atoms with Crippen LogP contribution in [0.4, 0.5) is 19.0 Å². The van der Waals surface area contributed by atoms with Crippen molar-refractivity contribution in [1.82, 2.24) is 9.97 Å². The summed E-state index contributed by atoms with van der Waals surface area (Å²) >= 11 is 0. The third-order valence-electron chi connectivity index (χ3n) is 4.30. The number of fused-ring (bicyclic) bond motifs is 1. The van der Waals surface area contributed by atoms with E-state index in [0.29, 0.717) is 28.0 Å². The Bertz CT molecular complexity index is 1060. The Morgan fingerprint density at radius 2 is 1.79 bits per heavy atom. The quantitative estimate of drug-likeness (QED) is 0.682. The minimum atomic E-state index is -4.44. The van der Waals surface area contributed by atoms with Gasteiger partial charge in [-0.3, -0.25) is 0 Å². The Morgan fingerprint density at radius 3 is 2.43 bits per heavy atom. The summed E-state index contributed by atoms with van der Waals surface area (Å²) in [6, 6.07) is 7.69. The molecular weight excluding hydrogens is 375 g/mol. The molecule has 1 aromatic heterocycles. The van der Waals surface area contributed by atoms with Crippen LogP contribution in [-0.2, 0) is 6.18 Å². The topological polar surface area (TPSA) is 76.2 Å². The fraction of sp³-hybridized carbons (Fsp3) is 0.263. The molecule has 1 atom stereocenters. The molecule has 0 radical (unpaired) electrons. The highest BCUT2D eigenvalue weighted by Gasteiger charge is 2.30. The molecule has 0 saturated heterocycles. The SMILES string of the molecule is COc1cc2[nH]c(=O)nc(NC(C)c3cccc(C(F)(F)F)c3)c2cc1OC. The van der Waals surface area contributed by atoms with Crippen molar-refractivity contribution >= 4 is 16.7 Å². The number of H-pyrrole nitrogens is 1. The number of anilines is 1. The van der Waals surface area contributed by atoms with Crippen molar-refractivity contribution in [3.63, 3.8) is 0 Å². The molecule has 1 unspecified atom stereocenters. The highest BCUT2D eigenvalue weighted by Crippen LogP contribution is 2.35. The van der Waals surface area contributed by atoms with Gasteiger partial charge in [0.1, 0.15) is 5.82 Å². The van der Waals surface area contributed by atoms with Crippen molar-refractivity contribution in [3.8, 4) is 11.5 Å². The van der Waals surface area contributed by atoms with Crippen LogP contribution in [0.5, 0.6) is 11.5 Å². The van der Waals surface area contributed by atoms with E-state index in [2.05, 4.69) is 15.3 Å².